The minimum atomic E-state index is -0.518. The summed E-state index contributed by atoms with van der Waals surface area (Å²) < 4.78 is 10.2. The Balaban J connectivity index is 2.06. The number of rotatable bonds is 1. The minimum Gasteiger partial charge on any atom is -0.469 e. The highest BCUT2D eigenvalue weighted by Gasteiger charge is 2.57. The number of amides is 1. The maximum absolute atomic E-state index is 12.2. The molecular weight excluding hydrogens is 260 g/mol. The minimum absolute atomic E-state index is 0.257. The third kappa shape index (κ3) is 2.61. The van der Waals surface area contributed by atoms with Crippen molar-refractivity contribution in [1.29, 1.82) is 0 Å². The lowest BCUT2D eigenvalue weighted by Gasteiger charge is -2.50. The van der Waals surface area contributed by atoms with E-state index in [2.05, 4.69) is 0 Å². The molecule has 2 N–H and O–H groups in total. The largest absolute Gasteiger partial charge is 0.469 e. The molecule has 1 spiro atoms. The third-order valence-corrected chi connectivity index (χ3v) is 4.22. The van der Waals surface area contributed by atoms with Crippen molar-refractivity contribution in [3.8, 4) is 0 Å². The zero-order valence-corrected chi connectivity index (χ0v) is 12.6. The number of ether oxygens (including phenoxy) is 2. The summed E-state index contributed by atoms with van der Waals surface area (Å²) in [5.41, 5.74) is 5.21. The van der Waals surface area contributed by atoms with Crippen LogP contribution in [0.4, 0.5) is 4.79 Å². The lowest BCUT2D eigenvalue weighted by molar-refractivity contribution is -0.146. The molecule has 2 rings (SSSR count). The fraction of sp³-hybridized carbons (Fsp3) is 0.857. The number of carbonyl (C=O) groups excluding carboxylic acids is 2. The van der Waals surface area contributed by atoms with Gasteiger partial charge >= 0.3 is 12.1 Å². The summed E-state index contributed by atoms with van der Waals surface area (Å²) in [4.78, 5) is 25.6. The van der Waals surface area contributed by atoms with E-state index in [-0.39, 0.29) is 29.6 Å². The van der Waals surface area contributed by atoms with Gasteiger partial charge in [0.25, 0.3) is 0 Å². The van der Waals surface area contributed by atoms with Crippen LogP contribution in [0.5, 0.6) is 0 Å². The summed E-state index contributed by atoms with van der Waals surface area (Å²) in [5.74, 6) is -0.615. The van der Waals surface area contributed by atoms with Gasteiger partial charge < -0.3 is 20.1 Å². The van der Waals surface area contributed by atoms with Gasteiger partial charge in [0.1, 0.15) is 5.60 Å². The fourth-order valence-corrected chi connectivity index (χ4v) is 3.20. The highest BCUT2D eigenvalue weighted by Crippen LogP contribution is 2.47. The molecule has 1 heterocycles. The van der Waals surface area contributed by atoms with Gasteiger partial charge in [0.2, 0.25) is 0 Å². The lowest BCUT2D eigenvalue weighted by atomic mass is 9.82. The first kappa shape index (κ1) is 15.1. The Hall–Kier alpha value is -1.30. The Morgan fingerprint density at radius 1 is 1.30 bits per heavy atom. The number of nitrogens with two attached hydrogens (primary N) is 1. The second-order valence-corrected chi connectivity index (χ2v) is 6.81. The fourth-order valence-electron chi connectivity index (χ4n) is 3.20. The molecule has 0 radical (unpaired) electrons. The first-order valence-corrected chi connectivity index (χ1v) is 7.02. The van der Waals surface area contributed by atoms with Crippen LogP contribution in [-0.4, -0.2) is 47.8 Å². The second kappa shape index (κ2) is 4.91. The number of hydrogen-bond acceptors (Lipinski definition) is 5. The molecule has 1 amide bonds. The smallest absolute Gasteiger partial charge is 0.410 e. The van der Waals surface area contributed by atoms with Crippen LogP contribution in [0, 0.1) is 5.92 Å². The molecule has 2 fully saturated rings. The van der Waals surface area contributed by atoms with Crippen molar-refractivity contribution in [3.05, 3.63) is 0 Å². The molecule has 0 aromatic rings. The molecular formula is C14H24N2O4. The normalized spacial score (nSPS) is 33.0. The predicted molar refractivity (Wildman–Crippen MR) is 73.0 cm³/mol. The van der Waals surface area contributed by atoms with E-state index < -0.39 is 5.60 Å². The summed E-state index contributed by atoms with van der Waals surface area (Å²) in [6.07, 6.45) is 1.75. The summed E-state index contributed by atoms with van der Waals surface area (Å²) in [6.45, 7) is 6.19. The number of carbonyl (C=O) groups is 2. The Kier molecular flexibility index (Phi) is 3.71. The molecule has 2 aliphatic rings. The van der Waals surface area contributed by atoms with Gasteiger partial charge in [-0.3, -0.25) is 4.79 Å². The number of nitrogens with zero attached hydrogens (tertiary/aromatic N) is 1. The Bertz CT molecular complexity index is 418. The van der Waals surface area contributed by atoms with Crippen LogP contribution < -0.4 is 5.73 Å². The zero-order valence-electron chi connectivity index (χ0n) is 12.6. The van der Waals surface area contributed by atoms with E-state index in [1.54, 1.807) is 4.90 Å². The second-order valence-electron chi connectivity index (χ2n) is 6.81. The zero-order chi connectivity index (χ0) is 15.1. The molecule has 0 aromatic carbocycles. The molecule has 114 valence electrons. The quantitative estimate of drug-likeness (QED) is 0.733. The maximum atomic E-state index is 12.2. The van der Waals surface area contributed by atoms with Gasteiger partial charge in [-0.15, -0.1) is 0 Å². The van der Waals surface area contributed by atoms with Crippen molar-refractivity contribution in [2.45, 2.75) is 57.2 Å². The van der Waals surface area contributed by atoms with Crippen molar-refractivity contribution >= 4 is 12.1 Å². The van der Waals surface area contributed by atoms with Gasteiger partial charge in [0, 0.05) is 12.6 Å². The predicted octanol–water partition coefficient (Wildman–Crippen LogP) is 1.28. The number of likely N-dealkylation sites (tertiary alicyclic amines) is 1. The first-order chi connectivity index (χ1) is 9.18. The van der Waals surface area contributed by atoms with Crippen LogP contribution >= 0.6 is 0 Å². The van der Waals surface area contributed by atoms with E-state index in [1.807, 2.05) is 20.8 Å². The van der Waals surface area contributed by atoms with Gasteiger partial charge in [0.05, 0.1) is 18.6 Å². The van der Waals surface area contributed by atoms with Crippen molar-refractivity contribution in [2.24, 2.45) is 11.7 Å². The summed E-state index contributed by atoms with van der Waals surface area (Å²) in [7, 11) is 1.37. The molecule has 1 saturated carbocycles. The monoisotopic (exact) mass is 284 g/mol. The third-order valence-electron chi connectivity index (χ3n) is 4.22. The topological polar surface area (TPSA) is 81.9 Å². The van der Waals surface area contributed by atoms with E-state index >= 15 is 0 Å². The number of hydrogen-bond donors (Lipinski definition) is 1. The SMILES string of the molecule is COC(=O)C1CC2(CCN2C(=O)OC(C)(C)C)CC1N. The van der Waals surface area contributed by atoms with Gasteiger partial charge in [-0.25, -0.2) is 4.79 Å². The molecule has 0 aromatic heterocycles. The van der Waals surface area contributed by atoms with Crippen molar-refractivity contribution in [1.82, 2.24) is 4.90 Å². The Morgan fingerprint density at radius 3 is 2.40 bits per heavy atom. The van der Waals surface area contributed by atoms with Crippen molar-refractivity contribution in [2.75, 3.05) is 13.7 Å². The van der Waals surface area contributed by atoms with Crippen LogP contribution in [0.2, 0.25) is 0 Å². The molecule has 3 atom stereocenters. The van der Waals surface area contributed by atoms with Crippen LogP contribution in [-0.2, 0) is 14.3 Å². The average molecular weight is 284 g/mol. The molecule has 3 unspecified atom stereocenters. The van der Waals surface area contributed by atoms with Gasteiger partial charge in [-0.1, -0.05) is 0 Å². The first-order valence-electron chi connectivity index (χ1n) is 7.02. The van der Waals surface area contributed by atoms with Gasteiger partial charge in [-0.05, 0) is 40.0 Å². The van der Waals surface area contributed by atoms with Crippen LogP contribution in [0.3, 0.4) is 0 Å². The van der Waals surface area contributed by atoms with E-state index in [1.165, 1.54) is 7.11 Å². The number of esters is 1. The molecule has 0 bridgehead atoms. The summed E-state index contributed by atoms with van der Waals surface area (Å²) >= 11 is 0. The van der Waals surface area contributed by atoms with Crippen LogP contribution in [0.1, 0.15) is 40.0 Å². The van der Waals surface area contributed by atoms with Crippen molar-refractivity contribution in [3.63, 3.8) is 0 Å². The van der Waals surface area contributed by atoms with E-state index in [4.69, 9.17) is 15.2 Å². The van der Waals surface area contributed by atoms with Crippen molar-refractivity contribution < 1.29 is 19.1 Å². The molecule has 20 heavy (non-hydrogen) atoms. The average Bonchev–Trinajstić information content (AvgIpc) is 2.64. The summed E-state index contributed by atoms with van der Waals surface area (Å²) in [6, 6.07) is -0.257. The molecule has 6 nitrogen and oxygen atoms in total. The maximum Gasteiger partial charge on any atom is 0.410 e. The lowest BCUT2D eigenvalue weighted by Crippen LogP contribution is -2.62. The van der Waals surface area contributed by atoms with E-state index in [0.29, 0.717) is 19.4 Å². The highest BCUT2D eigenvalue weighted by atomic mass is 16.6. The van der Waals surface area contributed by atoms with Crippen LogP contribution in [0.15, 0.2) is 0 Å². The molecule has 1 saturated heterocycles. The molecule has 1 aliphatic carbocycles. The van der Waals surface area contributed by atoms with E-state index in [0.717, 1.165) is 6.42 Å². The van der Waals surface area contributed by atoms with E-state index in [9.17, 15) is 9.59 Å². The Labute approximate surface area is 119 Å². The van der Waals surface area contributed by atoms with Crippen LogP contribution in [0.25, 0.3) is 0 Å². The highest BCUT2D eigenvalue weighted by molar-refractivity contribution is 5.75. The van der Waals surface area contributed by atoms with Gasteiger partial charge in [0.15, 0.2) is 0 Å². The molecule has 1 aliphatic heterocycles. The summed E-state index contributed by atoms with van der Waals surface area (Å²) in [5, 5.41) is 0. The number of methoxy groups -OCH3 is 1. The standard InChI is InChI=1S/C14H24N2O4/c1-13(2,3)20-12(18)16-6-5-14(16)7-9(10(15)8-14)11(17)19-4/h9-10H,5-8,15H2,1-4H3. The Morgan fingerprint density at radius 2 is 1.95 bits per heavy atom. The van der Waals surface area contributed by atoms with Gasteiger partial charge in [-0.2, -0.15) is 0 Å². The molecule has 6 heteroatoms.